The summed E-state index contributed by atoms with van der Waals surface area (Å²) in [5, 5.41) is 20.0. The average molecular weight is 547 g/mol. The van der Waals surface area contributed by atoms with Crippen molar-refractivity contribution in [3.63, 3.8) is 0 Å². The number of nitrogens with two attached hydrogens (primary N) is 1. The Kier molecular flexibility index (Phi) is 9.93. The fraction of sp³-hybridized carbons (Fsp3) is 0.484. The first-order valence-corrected chi connectivity index (χ1v) is 14.5. The van der Waals surface area contributed by atoms with Gasteiger partial charge in [-0.1, -0.05) is 31.0 Å². The second-order valence-electron chi connectivity index (χ2n) is 11.0. The number of likely N-dealkylation sites (tertiary alicyclic amines) is 1. The minimum Gasteiger partial charge on any atom is -0.481 e. The molecule has 0 saturated carbocycles. The predicted molar refractivity (Wildman–Crippen MR) is 161 cm³/mol. The molecule has 0 radical (unpaired) electrons. The number of hydrogen-bond acceptors (Lipinski definition) is 6. The van der Waals surface area contributed by atoms with Gasteiger partial charge < -0.3 is 20.7 Å². The summed E-state index contributed by atoms with van der Waals surface area (Å²) in [6, 6.07) is 14.1. The maximum absolute atomic E-state index is 13.8. The average Bonchev–Trinajstić information content (AvgIpc) is 2.93. The van der Waals surface area contributed by atoms with E-state index in [1.54, 1.807) is 18.2 Å². The second kappa shape index (κ2) is 13.6. The zero-order valence-electron chi connectivity index (χ0n) is 23.7. The highest BCUT2D eigenvalue weighted by Crippen LogP contribution is 2.24. The Labute approximate surface area is 235 Å². The number of carbonyl (C=O) groups is 1. The van der Waals surface area contributed by atoms with E-state index in [2.05, 4.69) is 24.1 Å². The normalized spacial score (nSPS) is 17.6. The molecular formula is C31H42N6O3. The molecule has 0 amide bonds. The molecule has 9 heteroatoms. The van der Waals surface area contributed by atoms with E-state index in [-0.39, 0.29) is 17.8 Å². The molecule has 2 atom stereocenters. The number of hydrogen-bond donors (Lipinski definition) is 4. The molecule has 1 aromatic heterocycles. The number of carboxylic acids is 1. The lowest BCUT2D eigenvalue weighted by atomic mass is 9.97. The highest BCUT2D eigenvalue weighted by atomic mass is 16.4. The van der Waals surface area contributed by atoms with Gasteiger partial charge in [-0.05, 0) is 76.8 Å². The van der Waals surface area contributed by atoms with Crippen molar-refractivity contribution in [3.05, 3.63) is 58.4 Å². The summed E-state index contributed by atoms with van der Waals surface area (Å²) in [5.41, 5.74) is 9.34. The molecule has 0 spiro atoms. The topological polar surface area (TPSA) is 137 Å². The smallest absolute Gasteiger partial charge is 0.303 e. The fourth-order valence-corrected chi connectivity index (χ4v) is 5.72. The molecule has 1 aliphatic heterocycles. The van der Waals surface area contributed by atoms with Gasteiger partial charge in [-0.2, -0.15) is 0 Å². The zero-order valence-corrected chi connectivity index (χ0v) is 23.7. The summed E-state index contributed by atoms with van der Waals surface area (Å²) in [6.07, 6.45) is 7.45. The Morgan fingerprint density at radius 2 is 1.82 bits per heavy atom. The van der Waals surface area contributed by atoms with Crippen LogP contribution in [0.5, 0.6) is 0 Å². The number of fused-ring (bicyclic) bond motifs is 1. The number of amidine groups is 1. The van der Waals surface area contributed by atoms with Crippen LogP contribution in [0, 0.1) is 5.41 Å². The van der Waals surface area contributed by atoms with Crippen LogP contribution in [0.4, 0.5) is 5.69 Å². The van der Waals surface area contributed by atoms with Crippen LogP contribution in [0.1, 0.15) is 70.8 Å². The van der Waals surface area contributed by atoms with Crippen LogP contribution in [0.15, 0.2) is 47.3 Å². The van der Waals surface area contributed by atoms with Crippen molar-refractivity contribution in [1.82, 2.24) is 14.5 Å². The molecule has 9 nitrogen and oxygen atoms in total. The lowest BCUT2D eigenvalue weighted by Crippen LogP contribution is -2.44. The number of piperidine rings is 1. The molecule has 1 aliphatic rings. The maximum Gasteiger partial charge on any atom is 0.303 e. The van der Waals surface area contributed by atoms with Crippen LogP contribution >= 0.6 is 0 Å². The van der Waals surface area contributed by atoms with E-state index in [1.165, 1.54) is 19.3 Å². The Morgan fingerprint density at radius 1 is 1.07 bits per heavy atom. The van der Waals surface area contributed by atoms with Gasteiger partial charge in [0.2, 0.25) is 0 Å². The summed E-state index contributed by atoms with van der Waals surface area (Å²) in [7, 11) is 0. The Hall–Kier alpha value is -3.72. The van der Waals surface area contributed by atoms with Gasteiger partial charge in [0, 0.05) is 48.4 Å². The lowest BCUT2D eigenvalue weighted by molar-refractivity contribution is -0.137. The van der Waals surface area contributed by atoms with Crippen molar-refractivity contribution in [1.29, 1.82) is 5.41 Å². The molecule has 214 valence electrons. The number of nitrogens with zero attached hydrogens (tertiary/aromatic N) is 3. The largest absolute Gasteiger partial charge is 0.481 e. The number of anilines is 1. The van der Waals surface area contributed by atoms with Gasteiger partial charge >= 0.3 is 5.97 Å². The van der Waals surface area contributed by atoms with E-state index in [0.717, 1.165) is 37.0 Å². The number of benzene rings is 2. The van der Waals surface area contributed by atoms with E-state index in [4.69, 9.17) is 21.2 Å². The zero-order chi connectivity index (χ0) is 28.6. The van der Waals surface area contributed by atoms with Crippen LogP contribution in [0.3, 0.4) is 0 Å². The molecule has 3 aromatic rings. The SMILES string of the molecule is C[C@@H]1CCC[C@H](C)N1CCCCCn1c(=O)c(-c2cccc(C(=N)N)c2)nc2ccc(NCCCC(=O)O)cc21. The number of carboxylic acid groups (broad SMARTS) is 1. The van der Waals surface area contributed by atoms with Crippen LogP contribution < -0.4 is 16.6 Å². The molecule has 2 heterocycles. The van der Waals surface area contributed by atoms with E-state index >= 15 is 0 Å². The monoisotopic (exact) mass is 546 g/mol. The number of aryl methyl sites for hydroxylation is 1. The molecule has 5 N–H and O–H groups in total. The van der Waals surface area contributed by atoms with Crippen LogP contribution in [-0.2, 0) is 11.3 Å². The first-order chi connectivity index (χ1) is 19.2. The number of nitrogen functional groups attached to an aromatic ring is 1. The summed E-state index contributed by atoms with van der Waals surface area (Å²) in [5.74, 6) is -0.872. The van der Waals surface area contributed by atoms with E-state index < -0.39 is 5.97 Å². The van der Waals surface area contributed by atoms with Crippen molar-refractivity contribution in [2.75, 3.05) is 18.4 Å². The number of rotatable bonds is 13. The first kappa shape index (κ1) is 29.3. The van der Waals surface area contributed by atoms with Crippen LogP contribution in [0.2, 0.25) is 0 Å². The van der Waals surface area contributed by atoms with Gasteiger partial charge in [-0.15, -0.1) is 0 Å². The Morgan fingerprint density at radius 3 is 2.55 bits per heavy atom. The minimum atomic E-state index is -0.816. The molecule has 0 aliphatic carbocycles. The van der Waals surface area contributed by atoms with Gasteiger partial charge in [-0.3, -0.25) is 19.9 Å². The summed E-state index contributed by atoms with van der Waals surface area (Å²) < 4.78 is 1.81. The van der Waals surface area contributed by atoms with Crippen molar-refractivity contribution in [2.24, 2.45) is 5.73 Å². The van der Waals surface area contributed by atoms with Gasteiger partial charge in [0.15, 0.2) is 0 Å². The van der Waals surface area contributed by atoms with Crippen LogP contribution in [-0.4, -0.2) is 56.5 Å². The Balaban J connectivity index is 1.57. The quantitative estimate of drug-likeness (QED) is 0.134. The minimum absolute atomic E-state index is 0.0566. The maximum atomic E-state index is 13.8. The molecule has 1 fully saturated rings. The highest BCUT2D eigenvalue weighted by Gasteiger charge is 2.23. The van der Waals surface area contributed by atoms with Crippen LogP contribution in [0.25, 0.3) is 22.3 Å². The summed E-state index contributed by atoms with van der Waals surface area (Å²) in [6.45, 7) is 6.84. The molecule has 0 unspecified atom stereocenters. The molecule has 2 aromatic carbocycles. The third kappa shape index (κ3) is 7.27. The molecule has 1 saturated heterocycles. The van der Waals surface area contributed by atoms with E-state index in [9.17, 15) is 9.59 Å². The van der Waals surface area contributed by atoms with Crippen molar-refractivity contribution < 1.29 is 9.90 Å². The lowest BCUT2D eigenvalue weighted by Gasteiger charge is -2.39. The van der Waals surface area contributed by atoms with E-state index in [1.807, 2.05) is 28.8 Å². The van der Waals surface area contributed by atoms with Gasteiger partial charge in [0.1, 0.15) is 11.5 Å². The molecule has 40 heavy (non-hydrogen) atoms. The van der Waals surface area contributed by atoms with Gasteiger partial charge in [0.25, 0.3) is 5.56 Å². The number of unbranched alkanes of at least 4 members (excludes halogenated alkanes) is 2. The molecule has 4 rings (SSSR count). The predicted octanol–water partition coefficient (Wildman–Crippen LogP) is 5.06. The number of aromatic nitrogens is 2. The second-order valence-corrected chi connectivity index (χ2v) is 11.0. The first-order valence-electron chi connectivity index (χ1n) is 14.5. The van der Waals surface area contributed by atoms with Crippen molar-refractivity contribution >= 4 is 28.5 Å². The van der Waals surface area contributed by atoms with Gasteiger partial charge in [-0.25, -0.2) is 4.98 Å². The highest BCUT2D eigenvalue weighted by molar-refractivity contribution is 5.96. The summed E-state index contributed by atoms with van der Waals surface area (Å²) in [4.78, 5) is 32.0. The molecular weight excluding hydrogens is 504 g/mol. The van der Waals surface area contributed by atoms with Crippen molar-refractivity contribution in [2.45, 2.75) is 83.8 Å². The standard InChI is InChI=1S/C31H42N6O3/c1-21-9-6-10-22(2)36(21)17-4-3-5-18-37-27-20-25(34-16-8-13-28(38)39)14-15-26(27)35-29(31(37)40)23-11-7-12-24(19-23)30(32)33/h7,11-12,14-15,19-22,34H,3-6,8-10,13,16-18H2,1-2H3,(H3,32,33)(H,38,39)/t21-,22+. The van der Waals surface area contributed by atoms with Gasteiger partial charge in [0.05, 0.1) is 11.0 Å². The fourth-order valence-electron chi connectivity index (χ4n) is 5.72. The van der Waals surface area contributed by atoms with E-state index in [0.29, 0.717) is 53.9 Å². The third-order valence-electron chi connectivity index (χ3n) is 7.96. The number of nitrogens with one attached hydrogen (secondary N) is 2. The molecule has 0 bridgehead atoms. The third-order valence-corrected chi connectivity index (χ3v) is 7.96. The summed E-state index contributed by atoms with van der Waals surface area (Å²) >= 11 is 0. The number of aliphatic carboxylic acids is 1. The Bertz CT molecular complexity index is 1390. The van der Waals surface area contributed by atoms with Crippen molar-refractivity contribution in [3.8, 4) is 11.3 Å².